The van der Waals surface area contributed by atoms with Crippen molar-refractivity contribution in [3.05, 3.63) is 11.8 Å². The molecule has 1 saturated heterocycles. The van der Waals surface area contributed by atoms with Crippen molar-refractivity contribution in [3.8, 4) is 0 Å². The fourth-order valence-corrected chi connectivity index (χ4v) is 4.21. The summed E-state index contributed by atoms with van der Waals surface area (Å²) in [6.07, 6.45) is -8.88. The summed E-state index contributed by atoms with van der Waals surface area (Å²) < 4.78 is 21.1. The van der Waals surface area contributed by atoms with E-state index < -0.39 is 73.1 Å². The van der Waals surface area contributed by atoms with Gasteiger partial charge in [-0.25, -0.2) is 4.79 Å². The zero-order valence-electron chi connectivity index (χ0n) is 15.4. The summed E-state index contributed by atoms with van der Waals surface area (Å²) >= 11 is 0. The Morgan fingerprint density at radius 3 is 2.50 bits per heavy atom. The average Bonchev–Trinajstić information content (AvgIpc) is 2.91. The van der Waals surface area contributed by atoms with Gasteiger partial charge in [0.15, 0.2) is 6.29 Å². The van der Waals surface area contributed by atoms with Crippen molar-refractivity contribution in [2.24, 2.45) is 11.8 Å². The third kappa shape index (κ3) is 3.53. The van der Waals surface area contributed by atoms with Gasteiger partial charge >= 0.3 is 5.97 Å². The van der Waals surface area contributed by atoms with Crippen LogP contribution in [-0.2, 0) is 23.7 Å². The molecule has 0 unspecified atom stereocenters. The summed E-state index contributed by atoms with van der Waals surface area (Å²) in [5.41, 5.74) is -1.46. The van der Waals surface area contributed by atoms with E-state index in [2.05, 4.69) is 0 Å². The quantitative estimate of drug-likeness (QED) is 0.262. The number of aliphatic hydroxyl groups excluding tert-OH is 5. The predicted molar refractivity (Wildman–Crippen MR) is 88.1 cm³/mol. The Balaban J connectivity index is 1.86. The average molecular weight is 406 g/mol. The van der Waals surface area contributed by atoms with Crippen molar-refractivity contribution < 1.29 is 54.4 Å². The molecule has 10 atom stereocenters. The van der Waals surface area contributed by atoms with Crippen LogP contribution in [-0.4, -0.2) is 99.0 Å². The first kappa shape index (κ1) is 21.4. The Labute approximate surface area is 160 Å². The third-order valence-electron chi connectivity index (χ3n) is 5.66. The van der Waals surface area contributed by atoms with E-state index in [1.165, 1.54) is 14.0 Å². The van der Waals surface area contributed by atoms with E-state index in [4.69, 9.17) is 18.9 Å². The van der Waals surface area contributed by atoms with Crippen molar-refractivity contribution in [1.29, 1.82) is 0 Å². The highest BCUT2D eigenvalue weighted by atomic mass is 16.8. The number of fused-ring (bicyclic) bond motifs is 1. The molecule has 0 amide bonds. The van der Waals surface area contributed by atoms with Gasteiger partial charge in [-0.1, -0.05) is 0 Å². The molecule has 6 N–H and O–H groups in total. The maximum atomic E-state index is 12.0. The van der Waals surface area contributed by atoms with E-state index in [1.807, 2.05) is 0 Å². The Kier molecular flexibility index (Phi) is 5.99. The summed E-state index contributed by atoms with van der Waals surface area (Å²) in [7, 11) is 1.17. The highest BCUT2D eigenvalue weighted by Crippen LogP contribution is 2.49. The summed E-state index contributed by atoms with van der Waals surface area (Å²) in [5, 5.41) is 60.4. The van der Waals surface area contributed by atoms with Gasteiger partial charge in [0.25, 0.3) is 0 Å². The molecule has 11 nitrogen and oxygen atoms in total. The van der Waals surface area contributed by atoms with Crippen LogP contribution in [0.1, 0.15) is 13.3 Å². The van der Waals surface area contributed by atoms with E-state index in [1.54, 1.807) is 0 Å². The van der Waals surface area contributed by atoms with Crippen molar-refractivity contribution in [2.75, 3.05) is 13.7 Å². The van der Waals surface area contributed by atoms with Crippen molar-refractivity contribution in [2.45, 2.75) is 62.0 Å². The maximum Gasteiger partial charge on any atom is 0.337 e. The van der Waals surface area contributed by atoms with Gasteiger partial charge in [0.05, 0.1) is 43.2 Å². The lowest BCUT2D eigenvalue weighted by Crippen LogP contribution is -2.60. The van der Waals surface area contributed by atoms with Gasteiger partial charge in [-0.05, 0) is 6.92 Å². The molecule has 0 bridgehead atoms. The van der Waals surface area contributed by atoms with Crippen LogP contribution in [0.3, 0.4) is 0 Å². The van der Waals surface area contributed by atoms with Gasteiger partial charge in [-0.2, -0.15) is 0 Å². The molecule has 3 aliphatic rings. The first-order valence-electron chi connectivity index (χ1n) is 8.92. The van der Waals surface area contributed by atoms with Crippen molar-refractivity contribution >= 4 is 5.97 Å². The fourth-order valence-electron chi connectivity index (χ4n) is 4.21. The number of hydrogen-bond acceptors (Lipinski definition) is 11. The topological polar surface area (TPSA) is 175 Å². The zero-order chi connectivity index (χ0) is 20.8. The summed E-state index contributed by atoms with van der Waals surface area (Å²) in [4.78, 5) is 12.0. The lowest BCUT2D eigenvalue weighted by molar-refractivity contribution is -0.346. The normalized spacial score (nSPS) is 48.4. The number of carbonyl (C=O) groups is 1. The van der Waals surface area contributed by atoms with Gasteiger partial charge in [0.2, 0.25) is 6.29 Å². The number of carbonyl (C=O) groups excluding carboxylic acids is 1. The molecular weight excluding hydrogens is 380 g/mol. The van der Waals surface area contributed by atoms with Gasteiger partial charge in [-0.15, -0.1) is 0 Å². The molecule has 2 aliphatic heterocycles. The van der Waals surface area contributed by atoms with Crippen LogP contribution < -0.4 is 0 Å². The van der Waals surface area contributed by atoms with Crippen LogP contribution in [0, 0.1) is 11.8 Å². The van der Waals surface area contributed by atoms with Gasteiger partial charge < -0.3 is 49.6 Å². The largest absolute Gasteiger partial charge is 0.471 e. The lowest BCUT2D eigenvalue weighted by Gasteiger charge is -2.44. The number of hydrogen-bond donors (Lipinski definition) is 6. The Morgan fingerprint density at radius 1 is 1.21 bits per heavy atom. The van der Waals surface area contributed by atoms with E-state index in [-0.39, 0.29) is 12.0 Å². The van der Waals surface area contributed by atoms with E-state index >= 15 is 0 Å². The van der Waals surface area contributed by atoms with E-state index in [0.29, 0.717) is 0 Å². The molecule has 28 heavy (non-hydrogen) atoms. The molecule has 0 radical (unpaired) electrons. The minimum Gasteiger partial charge on any atom is -0.471 e. The Hall–Kier alpha value is -1.31. The SMILES string of the molecule is COC(=O)C1=CO[C@H](O[C@H]2O[C@@H](CO)[C@H](O)[C@@H](O)[C@@H]2O)[C@@H]2[C@H]1[C@@H](O)C[C@@]2(C)O. The highest BCUT2D eigenvalue weighted by Gasteiger charge is 2.59. The van der Waals surface area contributed by atoms with Crippen molar-refractivity contribution in [3.63, 3.8) is 0 Å². The summed E-state index contributed by atoms with van der Waals surface area (Å²) in [6.45, 7) is 0.819. The molecule has 3 rings (SSSR count). The highest BCUT2D eigenvalue weighted by molar-refractivity contribution is 5.89. The van der Waals surface area contributed by atoms with E-state index in [9.17, 15) is 35.4 Å². The molecule has 160 valence electrons. The molecule has 0 aromatic carbocycles. The molecule has 0 spiro atoms. The maximum absolute atomic E-state index is 12.0. The van der Waals surface area contributed by atoms with Gasteiger partial charge in [-0.3, -0.25) is 0 Å². The molecule has 1 saturated carbocycles. The van der Waals surface area contributed by atoms with Crippen LogP contribution in [0.15, 0.2) is 11.8 Å². The minimum absolute atomic E-state index is 0.0337. The summed E-state index contributed by atoms with van der Waals surface area (Å²) in [6, 6.07) is 0. The Bertz CT molecular complexity index is 618. The molecule has 2 heterocycles. The zero-order valence-corrected chi connectivity index (χ0v) is 15.4. The first-order chi connectivity index (χ1) is 13.1. The molecule has 0 aromatic rings. The fraction of sp³-hybridized carbons (Fsp3) is 0.824. The lowest BCUT2D eigenvalue weighted by atomic mass is 9.80. The van der Waals surface area contributed by atoms with Crippen LogP contribution >= 0.6 is 0 Å². The Morgan fingerprint density at radius 2 is 1.89 bits per heavy atom. The van der Waals surface area contributed by atoms with E-state index in [0.717, 1.165) is 6.26 Å². The first-order valence-corrected chi connectivity index (χ1v) is 8.92. The number of rotatable bonds is 4. The summed E-state index contributed by atoms with van der Waals surface area (Å²) in [5.74, 6) is -2.50. The van der Waals surface area contributed by atoms with Crippen LogP contribution in [0.5, 0.6) is 0 Å². The molecule has 11 heteroatoms. The molecule has 1 aliphatic carbocycles. The molecular formula is C17H26O11. The number of esters is 1. The standard InChI is InChI=1S/C17H26O11/c1-17(24)3-7(19)9-6(14(23)25-2)5-26-15(10(9)17)28-16-13(22)12(21)11(20)8(4-18)27-16/h5,7-13,15-16,18-22,24H,3-4H2,1-2H3/t7-,8-,9+,10-,11-,12+,13-,15+,16+,17+/m0/s1. The second-order valence-electron chi connectivity index (χ2n) is 7.58. The smallest absolute Gasteiger partial charge is 0.337 e. The van der Waals surface area contributed by atoms with Crippen LogP contribution in [0.2, 0.25) is 0 Å². The van der Waals surface area contributed by atoms with Crippen LogP contribution in [0.4, 0.5) is 0 Å². The van der Waals surface area contributed by atoms with Crippen LogP contribution in [0.25, 0.3) is 0 Å². The minimum atomic E-state index is -1.66. The molecule has 0 aromatic heterocycles. The second kappa shape index (κ2) is 7.84. The number of methoxy groups -OCH3 is 1. The monoisotopic (exact) mass is 406 g/mol. The number of aliphatic hydroxyl groups is 6. The second-order valence-corrected chi connectivity index (χ2v) is 7.58. The van der Waals surface area contributed by atoms with Gasteiger partial charge in [0.1, 0.15) is 24.4 Å². The molecule has 2 fully saturated rings. The predicted octanol–water partition coefficient (Wildman–Crippen LogP) is -3.04. The van der Waals surface area contributed by atoms with Crippen molar-refractivity contribution in [1.82, 2.24) is 0 Å². The number of ether oxygens (including phenoxy) is 4. The van der Waals surface area contributed by atoms with Gasteiger partial charge in [0, 0.05) is 12.3 Å². The third-order valence-corrected chi connectivity index (χ3v) is 5.66.